The Labute approximate surface area is 212 Å². The summed E-state index contributed by atoms with van der Waals surface area (Å²) in [5.41, 5.74) is 5.60. The maximum absolute atomic E-state index is 14.1. The predicted molar refractivity (Wildman–Crippen MR) is 141 cm³/mol. The minimum Gasteiger partial charge on any atom is -0.508 e. The van der Waals surface area contributed by atoms with E-state index in [0.717, 1.165) is 33.2 Å². The molecule has 3 aromatic carbocycles. The Morgan fingerprint density at radius 1 is 1.14 bits per heavy atom. The van der Waals surface area contributed by atoms with E-state index in [0.29, 0.717) is 11.7 Å². The van der Waals surface area contributed by atoms with Crippen molar-refractivity contribution in [2.45, 2.75) is 19.5 Å². The summed E-state index contributed by atoms with van der Waals surface area (Å²) in [5, 5.41) is 16.6. The van der Waals surface area contributed by atoms with Crippen LogP contribution in [0.25, 0.3) is 22.0 Å². The number of aryl methyl sites for hydroxylation is 1. The molecule has 0 aliphatic rings. The third-order valence-corrected chi connectivity index (χ3v) is 6.97. The van der Waals surface area contributed by atoms with Gasteiger partial charge in [-0.3, -0.25) is 9.69 Å². The Bertz CT molecular complexity index is 1530. The summed E-state index contributed by atoms with van der Waals surface area (Å²) < 4.78 is 14.1. The van der Waals surface area contributed by atoms with E-state index in [9.17, 15) is 14.3 Å². The lowest BCUT2D eigenvalue weighted by Crippen LogP contribution is -2.34. The largest absolute Gasteiger partial charge is 0.508 e. The highest BCUT2D eigenvalue weighted by Crippen LogP contribution is 2.32. The molecule has 0 radical (unpaired) electrons. The number of nitrogens with one attached hydrogen (secondary N) is 2. The number of aromatic amines is 1. The molecule has 8 heteroatoms. The van der Waals surface area contributed by atoms with Gasteiger partial charge in [0.15, 0.2) is 5.13 Å². The van der Waals surface area contributed by atoms with Crippen molar-refractivity contribution in [3.05, 3.63) is 101 Å². The number of aromatic nitrogens is 2. The molecule has 36 heavy (non-hydrogen) atoms. The van der Waals surface area contributed by atoms with Crippen LogP contribution >= 0.6 is 11.3 Å². The summed E-state index contributed by atoms with van der Waals surface area (Å²) >= 11 is 1.29. The van der Waals surface area contributed by atoms with Crippen molar-refractivity contribution in [3.63, 3.8) is 0 Å². The molecule has 1 unspecified atom stereocenters. The Hall–Kier alpha value is -4.01. The van der Waals surface area contributed by atoms with Gasteiger partial charge in [0.2, 0.25) is 5.91 Å². The van der Waals surface area contributed by atoms with Gasteiger partial charge in [-0.2, -0.15) is 0 Å². The van der Waals surface area contributed by atoms with Crippen LogP contribution in [0.3, 0.4) is 0 Å². The third kappa shape index (κ3) is 4.86. The van der Waals surface area contributed by atoms with Crippen molar-refractivity contribution < 1.29 is 14.3 Å². The zero-order chi connectivity index (χ0) is 25.2. The number of nitrogens with zero attached hydrogens (tertiary/aromatic N) is 2. The molecular formula is C28H25FN4O2S. The van der Waals surface area contributed by atoms with Crippen molar-refractivity contribution in [3.8, 4) is 16.9 Å². The first-order valence-corrected chi connectivity index (χ1v) is 12.3. The number of rotatable bonds is 7. The topological polar surface area (TPSA) is 81.2 Å². The number of H-pyrrole nitrogens is 1. The number of benzene rings is 3. The Morgan fingerprint density at radius 2 is 1.94 bits per heavy atom. The molecule has 2 heterocycles. The summed E-state index contributed by atoms with van der Waals surface area (Å²) in [6.45, 7) is 2.45. The number of amides is 1. The average Bonchev–Trinajstić information content (AvgIpc) is 3.54. The van der Waals surface area contributed by atoms with Gasteiger partial charge >= 0.3 is 0 Å². The van der Waals surface area contributed by atoms with Crippen molar-refractivity contribution in [2.24, 2.45) is 0 Å². The number of hydrogen-bond acceptors (Lipinski definition) is 5. The van der Waals surface area contributed by atoms with E-state index in [1.54, 1.807) is 23.5 Å². The van der Waals surface area contributed by atoms with Crippen molar-refractivity contribution in [1.82, 2.24) is 14.9 Å². The van der Waals surface area contributed by atoms with Gasteiger partial charge < -0.3 is 15.4 Å². The second kappa shape index (κ2) is 9.93. The number of likely N-dealkylation sites (N-methyl/N-ethyl adjacent to an activating group) is 1. The summed E-state index contributed by atoms with van der Waals surface area (Å²) in [7, 11) is 1.78. The molecule has 0 fully saturated rings. The molecule has 0 bridgehead atoms. The van der Waals surface area contributed by atoms with E-state index in [-0.39, 0.29) is 11.3 Å². The monoisotopic (exact) mass is 500 g/mol. The molecule has 6 nitrogen and oxygen atoms in total. The van der Waals surface area contributed by atoms with Crippen LogP contribution < -0.4 is 5.32 Å². The van der Waals surface area contributed by atoms with Crippen LogP contribution in [0.4, 0.5) is 9.52 Å². The van der Waals surface area contributed by atoms with Gasteiger partial charge in [0, 0.05) is 35.4 Å². The highest BCUT2D eigenvalue weighted by molar-refractivity contribution is 7.13. The number of carbonyl (C=O) groups is 1. The van der Waals surface area contributed by atoms with E-state index in [1.807, 2.05) is 25.3 Å². The van der Waals surface area contributed by atoms with Gasteiger partial charge in [0.25, 0.3) is 0 Å². The van der Waals surface area contributed by atoms with E-state index >= 15 is 0 Å². The van der Waals surface area contributed by atoms with Crippen LogP contribution in [0.15, 0.2) is 78.4 Å². The van der Waals surface area contributed by atoms with Gasteiger partial charge in [-0.15, -0.1) is 11.3 Å². The van der Waals surface area contributed by atoms with Crippen LogP contribution in [0.1, 0.15) is 22.7 Å². The van der Waals surface area contributed by atoms with E-state index in [2.05, 4.69) is 45.6 Å². The lowest BCUT2D eigenvalue weighted by Gasteiger charge is -2.28. The normalized spacial score (nSPS) is 12.2. The quantitative estimate of drug-likeness (QED) is 0.247. The summed E-state index contributed by atoms with van der Waals surface area (Å²) in [5.74, 6) is -1.07. The number of hydrogen-bond donors (Lipinski definition) is 3. The fourth-order valence-electron chi connectivity index (χ4n) is 4.43. The molecule has 3 N–H and O–H groups in total. The standard InChI is InChI=1S/C28H25FN4O2S/c1-17-13-18(19-5-7-24-20(14-19)9-10-30-24)3-4-21(17)16-33(2)26(23-15-22(29)6-8-25(23)34)27(35)32-28-31-11-12-36-28/h3-15,26,30,34H,16H2,1-2H3,(H,31,32,35). The molecule has 0 saturated carbocycles. The minimum atomic E-state index is -0.931. The zero-order valence-corrected chi connectivity index (χ0v) is 20.6. The van der Waals surface area contributed by atoms with Crippen molar-refractivity contribution in [1.29, 1.82) is 0 Å². The van der Waals surface area contributed by atoms with Crippen LogP contribution in [-0.4, -0.2) is 32.9 Å². The number of fused-ring (bicyclic) bond motifs is 1. The van der Waals surface area contributed by atoms with Crippen LogP contribution in [-0.2, 0) is 11.3 Å². The highest BCUT2D eigenvalue weighted by Gasteiger charge is 2.29. The minimum absolute atomic E-state index is 0.144. The zero-order valence-electron chi connectivity index (χ0n) is 19.8. The SMILES string of the molecule is Cc1cc(-c2ccc3[nH]ccc3c2)ccc1CN(C)C(C(=O)Nc1nccs1)c1cc(F)ccc1O. The van der Waals surface area contributed by atoms with Crippen LogP contribution in [0.5, 0.6) is 5.75 Å². The first kappa shape index (κ1) is 23.7. The number of phenols is 1. The second-order valence-electron chi connectivity index (χ2n) is 8.77. The van der Waals surface area contributed by atoms with Gasteiger partial charge in [0.05, 0.1) is 0 Å². The Morgan fingerprint density at radius 3 is 2.72 bits per heavy atom. The molecule has 0 aliphatic carbocycles. The van der Waals surface area contributed by atoms with Crippen LogP contribution in [0.2, 0.25) is 0 Å². The first-order chi connectivity index (χ1) is 17.4. The molecule has 0 spiro atoms. The molecule has 2 aromatic heterocycles. The fraction of sp³-hybridized carbons (Fsp3) is 0.143. The number of anilines is 1. The number of carbonyl (C=O) groups excluding carboxylic acids is 1. The summed E-state index contributed by atoms with van der Waals surface area (Å²) in [4.78, 5) is 22.4. The lowest BCUT2D eigenvalue weighted by atomic mass is 9.97. The van der Waals surface area contributed by atoms with Gasteiger partial charge in [-0.1, -0.05) is 24.3 Å². The summed E-state index contributed by atoms with van der Waals surface area (Å²) in [6, 6.07) is 17.3. The van der Waals surface area contributed by atoms with Gasteiger partial charge in [0.1, 0.15) is 17.6 Å². The maximum atomic E-state index is 14.1. The Balaban J connectivity index is 1.43. The molecule has 1 amide bonds. The molecule has 1 atom stereocenters. The van der Waals surface area contributed by atoms with Gasteiger partial charge in [-0.25, -0.2) is 9.37 Å². The van der Waals surface area contributed by atoms with Crippen LogP contribution in [0, 0.1) is 12.7 Å². The average molecular weight is 501 g/mol. The molecular weight excluding hydrogens is 475 g/mol. The third-order valence-electron chi connectivity index (χ3n) is 6.28. The number of thiazole rings is 1. The number of phenolic OH excluding ortho intramolecular Hbond substituents is 1. The highest BCUT2D eigenvalue weighted by atomic mass is 32.1. The molecule has 5 rings (SSSR count). The summed E-state index contributed by atoms with van der Waals surface area (Å²) in [6.07, 6.45) is 3.52. The smallest absolute Gasteiger partial charge is 0.248 e. The first-order valence-electron chi connectivity index (χ1n) is 11.4. The lowest BCUT2D eigenvalue weighted by molar-refractivity contribution is -0.121. The fourth-order valence-corrected chi connectivity index (χ4v) is 4.96. The van der Waals surface area contributed by atoms with Crippen molar-refractivity contribution >= 4 is 33.3 Å². The van der Waals surface area contributed by atoms with Gasteiger partial charge in [-0.05, 0) is 78.0 Å². The van der Waals surface area contributed by atoms with E-state index in [1.165, 1.54) is 29.5 Å². The molecule has 0 saturated heterocycles. The molecule has 0 aliphatic heterocycles. The van der Waals surface area contributed by atoms with E-state index in [4.69, 9.17) is 0 Å². The molecule has 5 aromatic rings. The number of halogens is 1. The second-order valence-corrected chi connectivity index (χ2v) is 9.66. The number of aromatic hydroxyl groups is 1. The van der Waals surface area contributed by atoms with Crippen molar-refractivity contribution in [2.75, 3.05) is 12.4 Å². The molecule has 182 valence electrons. The maximum Gasteiger partial charge on any atom is 0.248 e. The Kier molecular flexibility index (Phi) is 6.54. The predicted octanol–water partition coefficient (Wildman–Crippen LogP) is 6.26. The van der Waals surface area contributed by atoms with E-state index < -0.39 is 17.8 Å².